The van der Waals surface area contributed by atoms with Crippen molar-refractivity contribution < 1.29 is 13.5 Å². The molecule has 0 saturated carbocycles. The van der Waals surface area contributed by atoms with Crippen LogP contribution in [-0.2, 0) is 11.2 Å². The van der Waals surface area contributed by atoms with Gasteiger partial charge in [-0.2, -0.15) is 0 Å². The average molecular weight is 322 g/mol. The fourth-order valence-electron chi connectivity index (χ4n) is 2.39. The maximum Gasteiger partial charge on any atom is 0.222 e. The molecule has 0 bridgehead atoms. The second kappa shape index (κ2) is 6.44. The van der Waals surface area contributed by atoms with Gasteiger partial charge >= 0.3 is 0 Å². The maximum atomic E-state index is 13.7. The Balaban J connectivity index is 1.68. The lowest BCUT2D eigenvalue weighted by Crippen LogP contribution is -2.08. The number of nitrogens with zero attached hydrogens (tertiary/aromatic N) is 1. The Morgan fingerprint density at radius 3 is 2.45 bits per heavy atom. The van der Waals surface area contributed by atoms with E-state index in [2.05, 4.69) is 4.99 Å². The maximum absolute atomic E-state index is 13.7. The fraction of sp³-hybridized carbons (Fsp3) is 0.235. The van der Waals surface area contributed by atoms with Crippen molar-refractivity contribution in [3.63, 3.8) is 0 Å². The molecular weight excluding hydrogens is 308 g/mol. The van der Waals surface area contributed by atoms with Gasteiger partial charge in [0.1, 0.15) is 23.8 Å². The molecule has 2 aromatic carbocycles. The molecule has 1 atom stereocenters. The van der Waals surface area contributed by atoms with E-state index in [1.807, 2.05) is 24.3 Å². The minimum absolute atomic E-state index is 0.0525. The Hall–Kier alpha value is -1.94. The van der Waals surface area contributed by atoms with Crippen LogP contribution in [0.25, 0.3) is 0 Å². The summed E-state index contributed by atoms with van der Waals surface area (Å²) in [7, 11) is 0. The molecule has 0 saturated heterocycles. The van der Waals surface area contributed by atoms with E-state index in [0.717, 1.165) is 18.4 Å². The van der Waals surface area contributed by atoms with Crippen molar-refractivity contribution in [1.29, 1.82) is 0 Å². The molecule has 2 aromatic rings. The predicted octanol–water partition coefficient (Wildman–Crippen LogP) is 4.40. The van der Waals surface area contributed by atoms with Crippen LogP contribution in [0.2, 0.25) is 5.02 Å². The molecule has 3 rings (SSSR count). The predicted molar refractivity (Wildman–Crippen MR) is 82.4 cm³/mol. The van der Waals surface area contributed by atoms with Crippen molar-refractivity contribution in [2.75, 3.05) is 6.61 Å². The lowest BCUT2D eigenvalue weighted by atomic mass is 10.1. The summed E-state index contributed by atoms with van der Waals surface area (Å²) >= 11 is 5.84. The minimum atomic E-state index is -0.655. The van der Waals surface area contributed by atoms with Crippen LogP contribution in [0, 0.1) is 11.6 Å². The fourth-order valence-corrected chi connectivity index (χ4v) is 2.51. The summed E-state index contributed by atoms with van der Waals surface area (Å²) in [5.41, 5.74) is 0.960. The summed E-state index contributed by atoms with van der Waals surface area (Å²) in [6, 6.07) is 11.2. The van der Waals surface area contributed by atoms with Gasteiger partial charge in [-0.3, -0.25) is 0 Å². The first-order valence-corrected chi connectivity index (χ1v) is 7.40. The van der Waals surface area contributed by atoms with E-state index in [0.29, 0.717) is 11.6 Å². The van der Waals surface area contributed by atoms with Gasteiger partial charge < -0.3 is 4.74 Å². The van der Waals surface area contributed by atoms with E-state index in [-0.39, 0.29) is 17.5 Å². The van der Waals surface area contributed by atoms with E-state index in [1.54, 1.807) is 0 Å². The number of ether oxygens (including phenoxy) is 1. The van der Waals surface area contributed by atoms with Gasteiger partial charge in [-0.15, -0.1) is 0 Å². The molecule has 0 amide bonds. The van der Waals surface area contributed by atoms with Crippen LogP contribution in [0.3, 0.4) is 0 Å². The van der Waals surface area contributed by atoms with Crippen molar-refractivity contribution >= 4 is 17.5 Å². The highest BCUT2D eigenvalue weighted by atomic mass is 35.5. The second-order valence-electron chi connectivity index (χ2n) is 5.16. The zero-order valence-electron chi connectivity index (χ0n) is 11.7. The van der Waals surface area contributed by atoms with Crippen LogP contribution in [-0.4, -0.2) is 18.5 Å². The first-order chi connectivity index (χ1) is 10.6. The number of hydrogen-bond acceptors (Lipinski definition) is 2. The Morgan fingerprint density at radius 2 is 1.77 bits per heavy atom. The topological polar surface area (TPSA) is 21.6 Å². The van der Waals surface area contributed by atoms with Crippen molar-refractivity contribution in [2.24, 2.45) is 4.99 Å². The summed E-state index contributed by atoms with van der Waals surface area (Å²) in [5, 5.41) is 0.697. The van der Waals surface area contributed by atoms with Crippen molar-refractivity contribution in [3.8, 4) is 0 Å². The standard InChI is InChI=1S/C17H14ClF2NO/c18-12-7-4-11(5-8-12)6-9-13-10-22-17(21-13)16-14(19)2-1-3-15(16)20/h1-5,7-8,13H,6,9-10H2. The molecule has 0 radical (unpaired) electrons. The zero-order chi connectivity index (χ0) is 15.5. The monoisotopic (exact) mass is 321 g/mol. The summed E-state index contributed by atoms with van der Waals surface area (Å²) in [5.74, 6) is -1.26. The Morgan fingerprint density at radius 1 is 1.09 bits per heavy atom. The lowest BCUT2D eigenvalue weighted by molar-refractivity contribution is 0.310. The normalized spacial score (nSPS) is 17.2. The molecular formula is C17H14ClF2NO. The molecule has 2 nitrogen and oxygen atoms in total. The number of aliphatic imine (C=N–C) groups is 1. The highest BCUT2D eigenvalue weighted by molar-refractivity contribution is 6.30. The Labute approximate surface area is 132 Å². The van der Waals surface area contributed by atoms with E-state index >= 15 is 0 Å². The van der Waals surface area contributed by atoms with E-state index < -0.39 is 11.6 Å². The van der Waals surface area contributed by atoms with Crippen LogP contribution in [0.1, 0.15) is 17.5 Å². The molecule has 114 valence electrons. The van der Waals surface area contributed by atoms with Gasteiger partial charge in [0.05, 0.1) is 6.04 Å². The van der Waals surface area contributed by atoms with Gasteiger partial charge in [-0.1, -0.05) is 29.8 Å². The Kier molecular flexibility index (Phi) is 4.39. The van der Waals surface area contributed by atoms with Crippen LogP contribution < -0.4 is 0 Å². The third-order valence-electron chi connectivity index (χ3n) is 3.57. The molecule has 0 aromatic heterocycles. The first-order valence-electron chi connectivity index (χ1n) is 7.03. The highest BCUT2D eigenvalue weighted by Gasteiger charge is 2.24. The van der Waals surface area contributed by atoms with Gasteiger partial charge in [0.2, 0.25) is 5.90 Å². The summed E-state index contributed by atoms with van der Waals surface area (Å²) in [6.45, 7) is 0.344. The SMILES string of the molecule is Fc1cccc(F)c1C1=NC(CCc2ccc(Cl)cc2)CO1. The van der Waals surface area contributed by atoms with Crippen LogP contribution in [0.5, 0.6) is 0 Å². The van der Waals surface area contributed by atoms with Gasteiger partial charge in [0, 0.05) is 5.02 Å². The highest BCUT2D eigenvalue weighted by Crippen LogP contribution is 2.21. The first kappa shape index (κ1) is 15.0. The van der Waals surface area contributed by atoms with E-state index in [9.17, 15) is 8.78 Å². The van der Waals surface area contributed by atoms with Gasteiger partial charge in [0.15, 0.2) is 0 Å². The van der Waals surface area contributed by atoms with E-state index in [4.69, 9.17) is 16.3 Å². The Bertz CT molecular complexity index is 680. The number of aryl methyl sites for hydroxylation is 1. The molecule has 0 spiro atoms. The van der Waals surface area contributed by atoms with Gasteiger partial charge in [-0.05, 0) is 42.7 Å². The number of halogens is 3. The molecule has 22 heavy (non-hydrogen) atoms. The van der Waals surface area contributed by atoms with Crippen molar-refractivity contribution in [2.45, 2.75) is 18.9 Å². The molecule has 5 heteroatoms. The van der Waals surface area contributed by atoms with Gasteiger partial charge in [-0.25, -0.2) is 13.8 Å². The molecule has 1 aliphatic heterocycles. The largest absolute Gasteiger partial charge is 0.475 e. The van der Waals surface area contributed by atoms with Crippen molar-refractivity contribution in [1.82, 2.24) is 0 Å². The summed E-state index contributed by atoms with van der Waals surface area (Å²) in [6.07, 6.45) is 1.56. The zero-order valence-corrected chi connectivity index (χ0v) is 12.5. The van der Waals surface area contributed by atoms with Crippen LogP contribution >= 0.6 is 11.6 Å². The second-order valence-corrected chi connectivity index (χ2v) is 5.60. The molecule has 1 unspecified atom stereocenters. The molecule has 0 aliphatic carbocycles. The molecule has 0 N–H and O–H groups in total. The molecule has 0 fully saturated rings. The smallest absolute Gasteiger partial charge is 0.222 e. The summed E-state index contributed by atoms with van der Waals surface area (Å²) in [4.78, 5) is 4.30. The number of rotatable bonds is 4. The molecule has 1 heterocycles. The van der Waals surface area contributed by atoms with Crippen LogP contribution in [0.15, 0.2) is 47.5 Å². The van der Waals surface area contributed by atoms with Crippen LogP contribution in [0.4, 0.5) is 8.78 Å². The summed E-state index contributed by atoms with van der Waals surface area (Å²) < 4.78 is 32.8. The van der Waals surface area contributed by atoms with Crippen molar-refractivity contribution in [3.05, 3.63) is 70.2 Å². The lowest BCUT2D eigenvalue weighted by Gasteiger charge is -2.05. The average Bonchev–Trinajstić information content (AvgIpc) is 2.95. The third-order valence-corrected chi connectivity index (χ3v) is 3.82. The number of hydrogen-bond donors (Lipinski definition) is 0. The number of benzene rings is 2. The van der Waals surface area contributed by atoms with E-state index in [1.165, 1.54) is 18.2 Å². The minimum Gasteiger partial charge on any atom is -0.475 e. The third kappa shape index (κ3) is 3.28. The quantitative estimate of drug-likeness (QED) is 0.818. The van der Waals surface area contributed by atoms with Gasteiger partial charge in [0.25, 0.3) is 0 Å². The molecule has 1 aliphatic rings.